The molecule has 6 nitrogen and oxygen atoms in total. The van der Waals surface area contributed by atoms with E-state index in [0.29, 0.717) is 11.6 Å². The van der Waals surface area contributed by atoms with E-state index in [1.165, 1.54) is 31.6 Å². The van der Waals surface area contributed by atoms with Crippen LogP contribution in [0.5, 0.6) is 5.75 Å². The predicted molar refractivity (Wildman–Crippen MR) is 69.8 cm³/mol. The van der Waals surface area contributed by atoms with E-state index in [-0.39, 0.29) is 11.6 Å². The maximum atomic E-state index is 13.8. The van der Waals surface area contributed by atoms with Crippen LogP contribution >= 0.6 is 0 Å². The van der Waals surface area contributed by atoms with Crippen molar-refractivity contribution < 1.29 is 13.9 Å². The molecule has 2 aromatic rings. The highest BCUT2D eigenvalue weighted by molar-refractivity contribution is 5.94. The van der Waals surface area contributed by atoms with E-state index >= 15 is 0 Å². The predicted octanol–water partition coefficient (Wildman–Crippen LogP) is 1.45. The fraction of sp³-hybridized carbons (Fsp3) is 0.308. The monoisotopic (exact) mass is 278 g/mol. The number of amides is 1. The molecule has 0 radical (unpaired) electrons. The van der Waals surface area contributed by atoms with E-state index in [0.717, 1.165) is 0 Å². The molecule has 0 aliphatic heterocycles. The smallest absolute Gasteiger partial charge is 0.254 e. The molecular weight excluding hydrogens is 263 g/mol. The van der Waals surface area contributed by atoms with Crippen molar-refractivity contribution in [2.45, 2.75) is 13.0 Å². The summed E-state index contributed by atoms with van der Waals surface area (Å²) in [5.41, 5.74) is -0.0418. The Morgan fingerprint density at radius 2 is 2.25 bits per heavy atom. The van der Waals surface area contributed by atoms with Crippen LogP contribution in [0.2, 0.25) is 0 Å². The first-order valence-corrected chi connectivity index (χ1v) is 6.01. The van der Waals surface area contributed by atoms with E-state index in [4.69, 9.17) is 4.74 Å². The molecule has 106 valence electrons. The highest BCUT2D eigenvalue weighted by Crippen LogP contribution is 2.17. The number of methoxy groups -OCH3 is 1. The number of hydrogen-bond acceptors (Lipinski definition) is 4. The lowest BCUT2D eigenvalue weighted by atomic mass is 10.1. The molecule has 1 unspecified atom stereocenters. The highest BCUT2D eigenvalue weighted by Gasteiger charge is 2.18. The quantitative estimate of drug-likeness (QED) is 0.919. The van der Waals surface area contributed by atoms with Gasteiger partial charge in [0.15, 0.2) is 5.82 Å². The minimum Gasteiger partial charge on any atom is -0.497 e. The summed E-state index contributed by atoms with van der Waals surface area (Å²) in [6, 6.07) is 3.70. The normalized spacial score (nSPS) is 12.0. The average molecular weight is 278 g/mol. The lowest BCUT2D eigenvalue weighted by Gasteiger charge is -2.13. The van der Waals surface area contributed by atoms with Gasteiger partial charge < -0.3 is 14.6 Å². The molecule has 2 rings (SSSR count). The van der Waals surface area contributed by atoms with Crippen molar-refractivity contribution >= 4 is 5.91 Å². The number of nitrogens with zero attached hydrogens (tertiary/aromatic N) is 3. The van der Waals surface area contributed by atoms with Crippen LogP contribution in [0.25, 0.3) is 0 Å². The van der Waals surface area contributed by atoms with E-state index in [9.17, 15) is 9.18 Å². The van der Waals surface area contributed by atoms with E-state index in [1.54, 1.807) is 18.5 Å². The molecule has 0 aliphatic rings. The number of carbonyl (C=O) groups is 1. The van der Waals surface area contributed by atoms with Crippen molar-refractivity contribution in [1.29, 1.82) is 0 Å². The average Bonchev–Trinajstić information content (AvgIpc) is 2.84. The molecule has 1 N–H and O–H groups in total. The zero-order valence-corrected chi connectivity index (χ0v) is 11.4. The molecule has 0 fully saturated rings. The van der Waals surface area contributed by atoms with Crippen molar-refractivity contribution in [3.63, 3.8) is 0 Å². The minimum atomic E-state index is -0.632. The van der Waals surface area contributed by atoms with Crippen LogP contribution in [0, 0.1) is 5.82 Å². The van der Waals surface area contributed by atoms with Crippen molar-refractivity contribution in [2.75, 3.05) is 7.11 Å². The van der Waals surface area contributed by atoms with Crippen LogP contribution in [0.4, 0.5) is 4.39 Å². The van der Waals surface area contributed by atoms with Crippen LogP contribution in [0.15, 0.2) is 24.5 Å². The summed E-state index contributed by atoms with van der Waals surface area (Å²) in [6.45, 7) is 1.75. The first-order chi connectivity index (χ1) is 9.52. The first kappa shape index (κ1) is 14.0. The number of carbonyl (C=O) groups excluding carboxylic acids is 1. The van der Waals surface area contributed by atoms with Gasteiger partial charge in [-0.15, -0.1) is 10.2 Å². The Labute approximate surface area is 115 Å². The largest absolute Gasteiger partial charge is 0.497 e. The standard InChI is InChI=1S/C13H15FN4O2/c1-8(12-17-15-7-18(12)2)16-13(19)10-5-4-9(20-3)6-11(10)14/h4-8H,1-3H3,(H,16,19). The number of benzene rings is 1. The molecule has 1 amide bonds. The molecular formula is C13H15FN4O2. The topological polar surface area (TPSA) is 69.0 Å². The summed E-state index contributed by atoms with van der Waals surface area (Å²) in [7, 11) is 3.20. The number of hydrogen-bond donors (Lipinski definition) is 1. The fourth-order valence-electron chi connectivity index (χ4n) is 1.83. The Hall–Kier alpha value is -2.44. The fourth-order valence-corrected chi connectivity index (χ4v) is 1.83. The Kier molecular flexibility index (Phi) is 3.97. The van der Waals surface area contributed by atoms with Crippen molar-refractivity contribution in [2.24, 2.45) is 7.05 Å². The molecule has 20 heavy (non-hydrogen) atoms. The second-order valence-electron chi connectivity index (χ2n) is 4.34. The summed E-state index contributed by atoms with van der Waals surface area (Å²) >= 11 is 0. The highest BCUT2D eigenvalue weighted by atomic mass is 19.1. The van der Waals surface area contributed by atoms with E-state index in [1.807, 2.05) is 0 Å². The Morgan fingerprint density at radius 3 is 2.80 bits per heavy atom. The zero-order chi connectivity index (χ0) is 14.7. The van der Waals surface area contributed by atoms with Gasteiger partial charge in [0, 0.05) is 13.1 Å². The van der Waals surface area contributed by atoms with Gasteiger partial charge in [0.1, 0.15) is 17.9 Å². The molecule has 1 aromatic carbocycles. The van der Waals surface area contributed by atoms with Gasteiger partial charge in [-0.25, -0.2) is 4.39 Å². The molecule has 0 bridgehead atoms. The number of halogens is 1. The Morgan fingerprint density at radius 1 is 1.50 bits per heavy atom. The molecule has 0 saturated carbocycles. The van der Waals surface area contributed by atoms with Gasteiger partial charge in [0.05, 0.1) is 18.7 Å². The lowest BCUT2D eigenvalue weighted by molar-refractivity contribution is 0.0933. The number of aryl methyl sites for hydroxylation is 1. The van der Waals surface area contributed by atoms with Gasteiger partial charge in [-0.05, 0) is 19.1 Å². The summed E-state index contributed by atoms with van der Waals surface area (Å²) < 4.78 is 20.4. The summed E-state index contributed by atoms with van der Waals surface area (Å²) in [6.07, 6.45) is 1.53. The van der Waals surface area contributed by atoms with Crippen molar-refractivity contribution in [1.82, 2.24) is 20.1 Å². The van der Waals surface area contributed by atoms with Gasteiger partial charge in [-0.2, -0.15) is 0 Å². The van der Waals surface area contributed by atoms with E-state index in [2.05, 4.69) is 15.5 Å². The molecule has 0 spiro atoms. The second kappa shape index (κ2) is 5.68. The van der Waals surface area contributed by atoms with Crippen molar-refractivity contribution in [3.05, 3.63) is 41.7 Å². The third-order valence-corrected chi connectivity index (χ3v) is 2.90. The lowest BCUT2D eigenvalue weighted by Crippen LogP contribution is -2.29. The van der Waals surface area contributed by atoms with Crippen LogP contribution < -0.4 is 10.1 Å². The second-order valence-corrected chi connectivity index (χ2v) is 4.34. The Bertz CT molecular complexity index is 627. The molecule has 0 saturated heterocycles. The SMILES string of the molecule is COc1ccc(C(=O)NC(C)c2nncn2C)c(F)c1. The Balaban J connectivity index is 2.14. The molecule has 0 aliphatic carbocycles. The number of nitrogens with one attached hydrogen (secondary N) is 1. The molecule has 1 aromatic heterocycles. The first-order valence-electron chi connectivity index (χ1n) is 6.01. The third-order valence-electron chi connectivity index (χ3n) is 2.90. The van der Waals surface area contributed by atoms with Crippen LogP contribution in [0.3, 0.4) is 0 Å². The number of aromatic nitrogens is 3. The maximum Gasteiger partial charge on any atom is 0.254 e. The van der Waals surface area contributed by atoms with Gasteiger partial charge in [-0.3, -0.25) is 4.79 Å². The zero-order valence-electron chi connectivity index (χ0n) is 11.4. The van der Waals surface area contributed by atoms with Crippen LogP contribution in [-0.4, -0.2) is 27.8 Å². The van der Waals surface area contributed by atoms with Gasteiger partial charge in [0.2, 0.25) is 0 Å². The van der Waals surface area contributed by atoms with E-state index < -0.39 is 11.7 Å². The third kappa shape index (κ3) is 2.76. The van der Waals surface area contributed by atoms with Crippen LogP contribution in [-0.2, 0) is 7.05 Å². The van der Waals surface area contributed by atoms with Crippen LogP contribution in [0.1, 0.15) is 29.1 Å². The van der Waals surface area contributed by atoms with Gasteiger partial charge in [-0.1, -0.05) is 0 Å². The maximum absolute atomic E-state index is 13.8. The summed E-state index contributed by atoms with van der Waals surface area (Å²) in [5, 5.41) is 10.3. The minimum absolute atomic E-state index is 0.0418. The van der Waals surface area contributed by atoms with Crippen molar-refractivity contribution in [3.8, 4) is 5.75 Å². The molecule has 1 atom stereocenters. The number of ether oxygens (including phenoxy) is 1. The van der Waals surface area contributed by atoms with Gasteiger partial charge >= 0.3 is 0 Å². The molecule has 7 heteroatoms. The molecule has 1 heterocycles. The van der Waals surface area contributed by atoms with Gasteiger partial charge in [0.25, 0.3) is 5.91 Å². The number of rotatable bonds is 4. The summed E-state index contributed by atoms with van der Waals surface area (Å²) in [5.74, 6) is -0.194. The summed E-state index contributed by atoms with van der Waals surface area (Å²) in [4.78, 5) is 12.0.